The number of hydrogen-bond acceptors (Lipinski definition) is 1. The summed E-state index contributed by atoms with van der Waals surface area (Å²) >= 11 is 0. The van der Waals surface area contributed by atoms with Gasteiger partial charge in [0.15, 0.2) is 0 Å². The predicted octanol–water partition coefficient (Wildman–Crippen LogP) is 2.88. The highest BCUT2D eigenvalue weighted by atomic mass is 14.9. The molecule has 0 fully saturated rings. The zero-order valence-corrected chi connectivity index (χ0v) is 8.45. The van der Waals surface area contributed by atoms with Crippen molar-refractivity contribution in [1.29, 1.82) is 0 Å². The Morgan fingerprint density at radius 1 is 1.14 bits per heavy atom. The summed E-state index contributed by atoms with van der Waals surface area (Å²) in [5.41, 5.74) is 1.38. The molecule has 1 unspecified atom stereocenters. The normalized spacial score (nSPS) is 21.0. The quantitative estimate of drug-likeness (QED) is 0.717. The summed E-state index contributed by atoms with van der Waals surface area (Å²) < 4.78 is 0. The van der Waals surface area contributed by atoms with Crippen molar-refractivity contribution in [2.45, 2.75) is 31.8 Å². The maximum Gasteiger partial charge on any atom is 0.0208 e. The fraction of sp³-hybridized carbons (Fsp3) is 0.385. The van der Waals surface area contributed by atoms with E-state index < -0.39 is 0 Å². The van der Waals surface area contributed by atoms with E-state index in [0.29, 0.717) is 6.04 Å². The molecule has 0 bridgehead atoms. The second-order valence-corrected chi connectivity index (χ2v) is 3.85. The van der Waals surface area contributed by atoms with Crippen molar-refractivity contribution in [2.24, 2.45) is 0 Å². The molecule has 74 valence electrons. The third-order valence-electron chi connectivity index (χ3n) is 2.71. The minimum absolute atomic E-state index is 0.681. The van der Waals surface area contributed by atoms with Gasteiger partial charge in [-0.3, -0.25) is 0 Å². The van der Waals surface area contributed by atoms with Crippen molar-refractivity contribution in [2.75, 3.05) is 0 Å². The van der Waals surface area contributed by atoms with Gasteiger partial charge < -0.3 is 5.32 Å². The van der Waals surface area contributed by atoms with Crippen LogP contribution in [0.25, 0.3) is 0 Å². The molecule has 2 rings (SSSR count). The van der Waals surface area contributed by atoms with E-state index >= 15 is 0 Å². The van der Waals surface area contributed by atoms with Crippen LogP contribution in [-0.2, 0) is 6.54 Å². The van der Waals surface area contributed by atoms with Crippen molar-refractivity contribution < 1.29 is 0 Å². The van der Waals surface area contributed by atoms with Crippen molar-refractivity contribution in [1.82, 2.24) is 5.32 Å². The van der Waals surface area contributed by atoms with Gasteiger partial charge in [-0.25, -0.2) is 0 Å². The predicted molar refractivity (Wildman–Crippen MR) is 60.1 cm³/mol. The SMILES string of the molecule is C1=CCC(NCc2ccccc2)CC1. The molecule has 0 saturated carbocycles. The van der Waals surface area contributed by atoms with Crippen molar-refractivity contribution in [3.63, 3.8) is 0 Å². The van der Waals surface area contributed by atoms with E-state index in [1.807, 2.05) is 0 Å². The van der Waals surface area contributed by atoms with Crippen molar-refractivity contribution in [3.8, 4) is 0 Å². The topological polar surface area (TPSA) is 12.0 Å². The monoisotopic (exact) mass is 187 g/mol. The van der Waals surface area contributed by atoms with Crippen LogP contribution in [0.3, 0.4) is 0 Å². The Bertz CT molecular complexity index is 289. The number of hydrogen-bond donors (Lipinski definition) is 1. The van der Waals surface area contributed by atoms with Gasteiger partial charge in [-0.15, -0.1) is 0 Å². The van der Waals surface area contributed by atoms with Gasteiger partial charge in [0.25, 0.3) is 0 Å². The molecule has 1 nitrogen and oxygen atoms in total. The zero-order valence-electron chi connectivity index (χ0n) is 8.45. The fourth-order valence-corrected chi connectivity index (χ4v) is 1.84. The van der Waals surface area contributed by atoms with Crippen LogP contribution in [-0.4, -0.2) is 6.04 Å². The summed E-state index contributed by atoms with van der Waals surface area (Å²) in [6.45, 7) is 0.999. The number of rotatable bonds is 3. The lowest BCUT2D eigenvalue weighted by molar-refractivity contribution is 0.474. The molecular weight excluding hydrogens is 170 g/mol. The Hall–Kier alpha value is -1.08. The Labute approximate surface area is 85.8 Å². The maximum atomic E-state index is 3.59. The van der Waals surface area contributed by atoms with Gasteiger partial charge in [0, 0.05) is 12.6 Å². The summed E-state index contributed by atoms with van der Waals surface area (Å²) in [4.78, 5) is 0. The molecule has 1 heteroatoms. The van der Waals surface area contributed by atoms with Crippen LogP contribution in [0.1, 0.15) is 24.8 Å². The van der Waals surface area contributed by atoms with E-state index in [0.717, 1.165) is 6.54 Å². The molecule has 1 aliphatic carbocycles. The van der Waals surface area contributed by atoms with E-state index in [1.165, 1.54) is 24.8 Å². The molecule has 0 aromatic heterocycles. The van der Waals surface area contributed by atoms with Crippen LogP contribution in [0.5, 0.6) is 0 Å². The van der Waals surface area contributed by atoms with Gasteiger partial charge in [-0.1, -0.05) is 42.5 Å². The highest BCUT2D eigenvalue weighted by Crippen LogP contribution is 2.11. The van der Waals surface area contributed by atoms with Gasteiger partial charge >= 0.3 is 0 Å². The maximum absolute atomic E-state index is 3.59. The lowest BCUT2D eigenvalue weighted by Crippen LogP contribution is -2.29. The van der Waals surface area contributed by atoms with Gasteiger partial charge in [0.1, 0.15) is 0 Å². The number of nitrogens with one attached hydrogen (secondary N) is 1. The Morgan fingerprint density at radius 2 is 2.00 bits per heavy atom. The molecule has 0 aliphatic heterocycles. The van der Waals surface area contributed by atoms with Crippen LogP contribution in [0.15, 0.2) is 42.5 Å². The molecule has 1 atom stereocenters. The Morgan fingerprint density at radius 3 is 2.71 bits per heavy atom. The van der Waals surface area contributed by atoms with Crippen molar-refractivity contribution >= 4 is 0 Å². The standard InChI is InChI=1S/C13H17N/c1-3-7-12(8-4-1)11-14-13-9-5-2-6-10-13/h1-5,7-8,13-14H,6,9-11H2. The molecule has 1 N–H and O–H groups in total. The number of allylic oxidation sites excluding steroid dienone is 1. The smallest absolute Gasteiger partial charge is 0.0208 e. The lowest BCUT2D eigenvalue weighted by atomic mass is 10.0. The van der Waals surface area contributed by atoms with E-state index in [9.17, 15) is 0 Å². The highest BCUT2D eigenvalue weighted by Gasteiger charge is 2.07. The van der Waals surface area contributed by atoms with Crippen LogP contribution >= 0.6 is 0 Å². The summed E-state index contributed by atoms with van der Waals surface area (Å²) in [6.07, 6.45) is 8.26. The van der Waals surface area contributed by atoms with Gasteiger partial charge in [0.2, 0.25) is 0 Å². The summed E-state index contributed by atoms with van der Waals surface area (Å²) in [7, 11) is 0. The van der Waals surface area contributed by atoms with Crippen LogP contribution in [0.2, 0.25) is 0 Å². The van der Waals surface area contributed by atoms with E-state index in [1.54, 1.807) is 0 Å². The number of benzene rings is 1. The molecule has 0 saturated heterocycles. The third kappa shape index (κ3) is 2.71. The van der Waals surface area contributed by atoms with E-state index in [-0.39, 0.29) is 0 Å². The van der Waals surface area contributed by atoms with E-state index in [2.05, 4.69) is 47.8 Å². The Balaban J connectivity index is 1.80. The lowest BCUT2D eigenvalue weighted by Gasteiger charge is -2.19. The second-order valence-electron chi connectivity index (χ2n) is 3.85. The first kappa shape index (κ1) is 9.47. The van der Waals surface area contributed by atoms with Gasteiger partial charge in [-0.05, 0) is 24.8 Å². The van der Waals surface area contributed by atoms with Gasteiger partial charge in [0.05, 0.1) is 0 Å². The molecule has 1 aliphatic rings. The summed E-state index contributed by atoms with van der Waals surface area (Å²) in [6, 6.07) is 11.3. The van der Waals surface area contributed by atoms with Gasteiger partial charge in [-0.2, -0.15) is 0 Å². The highest BCUT2D eigenvalue weighted by molar-refractivity contribution is 5.14. The summed E-state index contributed by atoms with van der Waals surface area (Å²) in [5.74, 6) is 0. The molecule has 0 radical (unpaired) electrons. The second kappa shape index (κ2) is 4.97. The largest absolute Gasteiger partial charge is 0.310 e. The molecule has 0 spiro atoms. The fourth-order valence-electron chi connectivity index (χ4n) is 1.84. The molecule has 0 amide bonds. The average Bonchev–Trinajstić information content (AvgIpc) is 2.29. The molecule has 1 aromatic rings. The van der Waals surface area contributed by atoms with Crippen LogP contribution in [0.4, 0.5) is 0 Å². The zero-order chi connectivity index (χ0) is 9.64. The molecule has 14 heavy (non-hydrogen) atoms. The first-order chi connectivity index (χ1) is 6.95. The third-order valence-corrected chi connectivity index (χ3v) is 2.71. The van der Waals surface area contributed by atoms with Crippen LogP contribution in [0, 0.1) is 0 Å². The molecule has 0 heterocycles. The van der Waals surface area contributed by atoms with Crippen molar-refractivity contribution in [3.05, 3.63) is 48.0 Å². The Kier molecular flexibility index (Phi) is 3.36. The van der Waals surface area contributed by atoms with Crippen LogP contribution < -0.4 is 5.32 Å². The first-order valence-corrected chi connectivity index (χ1v) is 5.37. The minimum Gasteiger partial charge on any atom is -0.310 e. The molecule has 1 aromatic carbocycles. The summed E-state index contributed by atoms with van der Waals surface area (Å²) in [5, 5.41) is 3.59. The molecular formula is C13H17N. The first-order valence-electron chi connectivity index (χ1n) is 5.37. The van der Waals surface area contributed by atoms with E-state index in [4.69, 9.17) is 0 Å². The average molecular weight is 187 g/mol. The minimum atomic E-state index is 0.681.